The van der Waals surface area contributed by atoms with Crippen LogP contribution >= 0.6 is 0 Å². The van der Waals surface area contributed by atoms with Gasteiger partial charge in [0.15, 0.2) is 5.78 Å². The van der Waals surface area contributed by atoms with Crippen LogP contribution in [-0.2, 0) is 0 Å². The summed E-state index contributed by atoms with van der Waals surface area (Å²) < 4.78 is 40.3. The largest absolute Gasteiger partial charge is 0.573 e. The minimum atomic E-state index is -4.71. The fraction of sp³-hybridized carbons (Fsp3) is 0.318. The summed E-state index contributed by atoms with van der Waals surface area (Å²) in [6.45, 7) is 0. The lowest BCUT2D eigenvalue weighted by Crippen LogP contribution is -2.16. The summed E-state index contributed by atoms with van der Waals surface area (Å²) in [5, 5.41) is 0. The number of hydrogen-bond acceptors (Lipinski definition) is 2. The summed E-state index contributed by atoms with van der Waals surface area (Å²) in [4.78, 5) is 12.3. The fourth-order valence-corrected chi connectivity index (χ4v) is 3.40. The molecule has 0 spiro atoms. The molecule has 2 aromatic carbocycles. The van der Waals surface area contributed by atoms with Crippen molar-refractivity contribution in [3.63, 3.8) is 0 Å². The highest BCUT2D eigenvalue weighted by Gasteiger charge is 2.30. The Bertz CT molecular complexity index is 784. The van der Waals surface area contributed by atoms with E-state index in [1.807, 2.05) is 24.3 Å². The monoisotopic (exact) mass is 374 g/mol. The molecule has 1 fully saturated rings. The van der Waals surface area contributed by atoms with Gasteiger partial charge in [0.25, 0.3) is 0 Å². The predicted molar refractivity (Wildman–Crippen MR) is 98.8 cm³/mol. The zero-order valence-corrected chi connectivity index (χ0v) is 14.8. The molecule has 2 nitrogen and oxygen atoms in total. The lowest BCUT2D eigenvalue weighted by molar-refractivity contribution is -0.274. The van der Waals surface area contributed by atoms with Crippen molar-refractivity contribution in [2.75, 3.05) is 0 Å². The summed E-state index contributed by atoms with van der Waals surface area (Å²) in [7, 11) is 0. The Morgan fingerprint density at radius 1 is 0.926 bits per heavy atom. The minimum Gasteiger partial charge on any atom is -0.406 e. The standard InChI is InChI=1S/C22H21F3O2/c23-22(24,25)27-20-13-6-16(7-14-20)8-15-21(26)19-11-9-18(10-12-19)17-4-2-1-3-5-17/h6-15,17H,1-5H2. The average molecular weight is 374 g/mol. The van der Waals surface area contributed by atoms with Gasteiger partial charge >= 0.3 is 6.36 Å². The SMILES string of the molecule is O=C(C=Cc1ccc(OC(F)(F)F)cc1)c1ccc(C2CCCCC2)cc1. The van der Waals surface area contributed by atoms with Crippen molar-refractivity contribution < 1.29 is 22.7 Å². The smallest absolute Gasteiger partial charge is 0.406 e. The van der Waals surface area contributed by atoms with Crippen LogP contribution in [0.1, 0.15) is 59.5 Å². The molecule has 0 aliphatic heterocycles. The number of rotatable bonds is 5. The topological polar surface area (TPSA) is 26.3 Å². The van der Waals surface area contributed by atoms with E-state index < -0.39 is 6.36 Å². The van der Waals surface area contributed by atoms with Gasteiger partial charge in [-0.3, -0.25) is 4.79 Å². The summed E-state index contributed by atoms with van der Waals surface area (Å²) >= 11 is 0. The second-order valence-corrected chi connectivity index (χ2v) is 6.77. The number of allylic oxidation sites excluding steroid dienone is 1. The van der Waals surface area contributed by atoms with Crippen LogP contribution in [0.2, 0.25) is 0 Å². The number of ether oxygens (including phenoxy) is 1. The first kappa shape index (κ1) is 19.2. The van der Waals surface area contributed by atoms with Crippen LogP contribution in [-0.4, -0.2) is 12.1 Å². The molecule has 0 saturated heterocycles. The van der Waals surface area contributed by atoms with Crippen LogP contribution in [0.3, 0.4) is 0 Å². The molecule has 1 saturated carbocycles. The minimum absolute atomic E-state index is 0.138. The Labute approximate surface area is 156 Å². The number of ketones is 1. The van der Waals surface area contributed by atoms with Crippen LogP contribution in [0.25, 0.3) is 6.08 Å². The quantitative estimate of drug-likeness (QED) is 0.439. The van der Waals surface area contributed by atoms with Gasteiger partial charge in [-0.15, -0.1) is 13.2 Å². The van der Waals surface area contributed by atoms with E-state index in [-0.39, 0.29) is 11.5 Å². The van der Waals surface area contributed by atoms with Crippen molar-refractivity contribution in [1.29, 1.82) is 0 Å². The second-order valence-electron chi connectivity index (χ2n) is 6.77. The van der Waals surface area contributed by atoms with Crippen LogP contribution < -0.4 is 4.74 Å². The highest BCUT2D eigenvalue weighted by Crippen LogP contribution is 2.32. The van der Waals surface area contributed by atoms with Gasteiger partial charge in [-0.1, -0.05) is 61.7 Å². The zero-order valence-electron chi connectivity index (χ0n) is 14.8. The molecule has 3 rings (SSSR count). The van der Waals surface area contributed by atoms with Crippen molar-refractivity contribution in [1.82, 2.24) is 0 Å². The van der Waals surface area contributed by atoms with Gasteiger partial charge in [-0.25, -0.2) is 0 Å². The average Bonchev–Trinajstić information content (AvgIpc) is 2.67. The van der Waals surface area contributed by atoms with Gasteiger partial charge in [0.05, 0.1) is 0 Å². The molecule has 1 aliphatic carbocycles. The van der Waals surface area contributed by atoms with E-state index in [0.717, 1.165) is 0 Å². The Morgan fingerprint density at radius 2 is 1.56 bits per heavy atom. The van der Waals surface area contributed by atoms with E-state index in [0.29, 0.717) is 17.0 Å². The lowest BCUT2D eigenvalue weighted by atomic mass is 9.84. The van der Waals surface area contributed by atoms with Crippen molar-refractivity contribution in [2.45, 2.75) is 44.4 Å². The maximum Gasteiger partial charge on any atom is 0.573 e. The zero-order chi connectivity index (χ0) is 19.3. The number of benzene rings is 2. The molecular weight excluding hydrogens is 353 g/mol. The van der Waals surface area contributed by atoms with Gasteiger partial charge in [0, 0.05) is 5.56 Å². The molecule has 1 aliphatic rings. The Morgan fingerprint density at radius 3 is 2.15 bits per heavy atom. The van der Waals surface area contributed by atoms with E-state index in [1.54, 1.807) is 6.08 Å². The van der Waals surface area contributed by atoms with E-state index in [9.17, 15) is 18.0 Å². The Balaban J connectivity index is 1.61. The van der Waals surface area contributed by atoms with E-state index in [2.05, 4.69) is 4.74 Å². The van der Waals surface area contributed by atoms with Gasteiger partial charge in [0.1, 0.15) is 5.75 Å². The molecule has 0 unspecified atom stereocenters. The maximum absolute atomic E-state index is 12.3. The number of halogens is 3. The van der Waals surface area contributed by atoms with Crippen molar-refractivity contribution in [3.8, 4) is 5.75 Å². The summed E-state index contributed by atoms with van der Waals surface area (Å²) in [6.07, 6.45) is 4.55. The Hall–Kier alpha value is -2.56. The molecular formula is C22H21F3O2. The highest BCUT2D eigenvalue weighted by molar-refractivity contribution is 6.06. The summed E-state index contributed by atoms with van der Waals surface area (Å²) in [5.41, 5.74) is 2.51. The van der Waals surface area contributed by atoms with Crippen molar-refractivity contribution in [2.24, 2.45) is 0 Å². The molecule has 2 aromatic rings. The first-order valence-electron chi connectivity index (χ1n) is 9.09. The summed E-state index contributed by atoms with van der Waals surface area (Å²) in [6, 6.07) is 13.1. The lowest BCUT2D eigenvalue weighted by Gasteiger charge is -2.21. The third-order valence-electron chi connectivity index (χ3n) is 4.81. The highest BCUT2D eigenvalue weighted by atomic mass is 19.4. The van der Waals surface area contributed by atoms with Gasteiger partial charge in [-0.2, -0.15) is 0 Å². The van der Waals surface area contributed by atoms with Crippen molar-refractivity contribution >= 4 is 11.9 Å². The van der Waals surface area contributed by atoms with Crippen LogP contribution in [0.15, 0.2) is 54.6 Å². The molecule has 0 amide bonds. The van der Waals surface area contributed by atoms with Gasteiger partial charge in [-0.05, 0) is 48.1 Å². The molecule has 5 heteroatoms. The number of carbonyl (C=O) groups excluding carboxylic acids is 1. The van der Waals surface area contributed by atoms with E-state index >= 15 is 0 Å². The van der Waals surface area contributed by atoms with Crippen molar-refractivity contribution in [3.05, 3.63) is 71.3 Å². The molecule has 0 N–H and O–H groups in total. The molecule has 0 bridgehead atoms. The second kappa shape index (κ2) is 8.42. The predicted octanol–water partition coefficient (Wildman–Crippen LogP) is 6.53. The van der Waals surface area contributed by atoms with Crippen LogP contribution in [0.5, 0.6) is 5.75 Å². The molecule has 0 heterocycles. The summed E-state index contributed by atoms with van der Waals surface area (Å²) in [5.74, 6) is 0.168. The number of alkyl halides is 3. The third kappa shape index (κ3) is 5.71. The first-order valence-corrected chi connectivity index (χ1v) is 9.09. The van der Waals surface area contributed by atoms with E-state index in [1.165, 1.54) is 68.0 Å². The molecule has 0 atom stereocenters. The fourth-order valence-electron chi connectivity index (χ4n) is 3.40. The normalized spacial score (nSPS) is 15.8. The molecule has 27 heavy (non-hydrogen) atoms. The molecule has 0 aromatic heterocycles. The third-order valence-corrected chi connectivity index (χ3v) is 4.81. The van der Waals surface area contributed by atoms with E-state index in [4.69, 9.17) is 0 Å². The number of carbonyl (C=O) groups is 1. The van der Waals surface area contributed by atoms with Gasteiger partial charge in [0.2, 0.25) is 0 Å². The molecule has 142 valence electrons. The first-order chi connectivity index (χ1) is 12.9. The molecule has 0 radical (unpaired) electrons. The maximum atomic E-state index is 12.3. The number of hydrogen-bond donors (Lipinski definition) is 0. The van der Waals surface area contributed by atoms with Gasteiger partial charge < -0.3 is 4.74 Å². The van der Waals surface area contributed by atoms with Crippen LogP contribution in [0.4, 0.5) is 13.2 Å². The Kier molecular flexibility index (Phi) is 5.99. The van der Waals surface area contributed by atoms with Crippen LogP contribution in [0, 0.1) is 0 Å².